The minimum absolute atomic E-state index is 0.245. The first-order chi connectivity index (χ1) is 11.1. The molecule has 2 heterocycles. The Morgan fingerprint density at radius 2 is 2.17 bits per heavy atom. The zero-order valence-electron chi connectivity index (χ0n) is 12.7. The third-order valence-corrected chi connectivity index (χ3v) is 3.61. The lowest BCUT2D eigenvalue weighted by atomic mass is 10.1. The van der Waals surface area contributed by atoms with Gasteiger partial charge < -0.3 is 23.9 Å². The minimum Gasteiger partial charge on any atom is -0.464 e. The number of oxazole rings is 1. The van der Waals surface area contributed by atoms with Crippen molar-refractivity contribution < 1.29 is 18.4 Å². The van der Waals surface area contributed by atoms with E-state index in [0.717, 1.165) is 11.3 Å². The molecule has 0 aliphatic carbocycles. The molecular weight excluding hydrogens is 316 g/mol. The van der Waals surface area contributed by atoms with E-state index < -0.39 is 0 Å². The first kappa shape index (κ1) is 15.5. The zero-order chi connectivity index (χ0) is 16.4. The van der Waals surface area contributed by atoms with E-state index in [9.17, 15) is 4.79 Å². The molecule has 1 aromatic carbocycles. The molecule has 1 atom stereocenters. The van der Waals surface area contributed by atoms with Crippen LogP contribution in [0, 0.1) is 11.8 Å². The number of furan rings is 1. The van der Waals surface area contributed by atoms with Gasteiger partial charge in [0.2, 0.25) is 0 Å². The third kappa shape index (κ3) is 3.35. The van der Waals surface area contributed by atoms with Crippen molar-refractivity contribution in [1.29, 1.82) is 0 Å². The van der Waals surface area contributed by atoms with Crippen molar-refractivity contribution in [3.63, 3.8) is 0 Å². The highest BCUT2D eigenvalue weighted by atomic mass is 32.1. The van der Waals surface area contributed by atoms with Crippen molar-refractivity contribution in [3.05, 3.63) is 52.3 Å². The van der Waals surface area contributed by atoms with Crippen molar-refractivity contribution in [2.45, 2.75) is 13.0 Å². The van der Waals surface area contributed by atoms with Gasteiger partial charge in [0.1, 0.15) is 17.6 Å². The smallest absolute Gasteiger partial charge is 0.266 e. The van der Waals surface area contributed by atoms with E-state index in [1.807, 2.05) is 19.1 Å². The molecule has 6 nitrogen and oxygen atoms in total. The summed E-state index contributed by atoms with van der Waals surface area (Å²) >= 11 is 4.94. The summed E-state index contributed by atoms with van der Waals surface area (Å²) in [5, 5.41) is 2.90. The van der Waals surface area contributed by atoms with Gasteiger partial charge in [0.15, 0.2) is 5.58 Å². The van der Waals surface area contributed by atoms with Gasteiger partial charge in [0.05, 0.1) is 12.1 Å². The number of methoxy groups -OCH3 is 1. The molecule has 0 aliphatic rings. The number of H-pyrrole nitrogens is 1. The lowest BCUT2D eigenvalue weighted by Gasteiger charge is -2.15. The number of amides is 1. The second-order valence-corrected chi connectivity index (χ2v) is 5.53. The fraction of sp³-hybridized carbons (Fsp3) is 0.250. The van der Waals surface area contributed by atoms with Gasteiger partial charge in [0.25, 0.3) is 10.7 Å². The Kier molecular flexibility index (Phi) is 4.31. The average molecular weight is 332 g/mol. The SMILES string of the molecule is COC[C@@H](NC(=O)c1ccc2[nH]c(=S)oc2c1)c1ccc(C)o1. The van der Waals surface area contributed by atoms with Crippen LogP contribution in [0.15, 0.2) is 39.2 Å². The summed E-state index contributed by atoms with van der Waals surface area (Å²) < 4.78 is 16.1. The summed E-state index contributed by atoms with van der Waals surface area (Å²) in [7, 11) is 1.57. The molecule has 0 fully saturated rings. The summed E-state index contributed by atoms with van der Waals surface area (Å²) in [6.07, 6.45) is 0. The van der Waals surface area contributed by atoms with Crippen LogP contribution in [0.25, 0.3) is 11.1 Å². The normalized spacial score (nSPS) is 12.4. The first-order valence-electron chi connectivity index (χ1n) is 7.06. The van der Waals surface area contributed by atoms with Gasteiger partial charge in [-0.15, -0.1) is 0 Å². The number of aryl methyl sites for hydroxylation is 1. The lowest BCUT2D eigenvalue weighted by Crippen LogP contribution is -2.31. The predicted octanol–water partition coefficient (Wildman–Crippen LogP) is 3.51. The van der Waals surface area contributed by atoms with E-state index >= 15 is 0 Å². The number of aromatic amines is 1. The Bertz CT molecular complexity index is 893. The Labute approximate surface area is 137 Å². The number of fused-ring (bicyclic) bond motifs is 1. The number of aromatic nitrogens is 1. The third-order valence-electron chi connectivity index (χ3n) is 3.43. The Balaban J connectivity index is 1.83. The van der Waals surface area contributed by atoms with Crippen molar-refractivity contribution in [2.75, 3.05) is 13.7 Å². The first-order valence-corrected chi connectivity index (χ1v) is 7.46. The van der Waals surface area contributed by atoms with Crippen LogP contribution < -0.4 is 5.32 Å². The molecule has 2 N–H and O–H groups in total. The summed E-state index contributed by atoms with van der Waals surface area (Å²) in [6.45, 7) is 2.16. The topological polar surface area (TPSA) is 80.4 Å². The largest absolute Gasteiger partial charge is 0.464 e. The molecule has 0 radical (unpaired) electrons. The highest BCUT2D eigenvalue weighted by molar-refractivity contribution is 7.71. The molecule has 3 aromatic rings. The quantitative estimate of drug-likeness (QED) is 0.699. The van der Waals surface area contributed by atoms with E-state index in [1.54, 1.807) is 25.3 Å². The maximum Gasteiger partial charge on any atom is 0.266 e. The van der Waals surface area contributed by atoms with Crippen molar-refractivity contribution in [3.8, 4) is 0 Å². The van der Waals surface area contributed by atoms with Crippen LogP contribution in [0.4, 0.5) is 0 Å². The monoisotopic (exact) mass is 332 g/mol. The second-order valence-electron chi connectivity index (χ2n) is 5.16. The van der Waals surface area contributed by atoms with E-state index in [4.69, 9.17) is 25.8 Å². The van der Waals surface area contributed by atoms with Crippen LogP contribution in [0.1, 0.15) is 27.9 Å². The van der Waals surface area contributed by atoms with Crippen LogP contribution in [-0.2, 0) is 4.74 Å². The van der Waals surface area contributed by atoms with Gasteiger partial charge in [-0.3, -0.25) is 4.79 Å². The van der Waals surface area contributed by atoms with E-state index in [1.165, 1.54) is 0 Å². The Morgan fingerprint density at radius 3 is 2.87 bits per heavy atom. The molecule has 0 saturated heterocycles. The van der Waals surface area contributed by atoms with Crippen LogP contribution >= 0.6 is 12.2 Å². The molecule has 23 heavy (non-hydrogen) atoms. The molecule has 3 rings (SSSR count). The summed E-state index contributed by atoms with van der Waals surface area (Å²) in [6, 6.07) is 8.41. The molecule has 0 unspecified atom stereocenters. The van der Waals surface area contributed by atoms with Gasteiger partial charge in [-0.1, -0.05) is 0 Å². The lowest BCUT2D eigenvalue weighted by molar-refractivity contribution is 0.0882. The van der Waals surface area contributed by atoms with Crippen molar-refractivity contribution >= 4 is 29.2 Å². The predicted molar refractivity (Wildman–Crippen MR) is 86.9 cm³/mol. The summed E-state index contributed by atoms with van der Waals surface area (Å²) in [5.74, 6) is 1.18. The average Bonchev–Trinajstić information content (AvgIpc) is 3.10. The Morgan fingerprint density at radius 1 is 1.35 bits per heavy atom. The van der Waals surface area contributed by atoms with E-state index in [-0.39, 0.29) is 16.8 Å². The number of carbonyl (C=O) groups is 1. The zero-order valence-corrected chi connectivity index (χ0v) is 13.5. The molecule has 0 aliphatic heterocycles. The molecule has 0 spiro atoms. The van der Waals surface area contributed by atoms with Crippen LogP contribution in [-0.4, -0.2) is 24.6 Å². The van der Waals surface area contributed by atoms with Gasteiger partial charge in [-0.05, 0) is 49.5 Å². The molecule has 1 amide bonds. The number of benzene rings is 1. The fourth-order valence-electron chi connectivity index (χ4n) is 2.33. The number of ether oxygens (including phenoxy) is 1. The van der Waals surface area contributed by atoms with Gasteiger partial charge in [-0.25, -0.2) is 0 Å². The van der Waals surface area contributed by atoms with Crippen LogP contribution in [0.5, 0.6) is 0 Å². The number of nitrogens with one attached hydrogen (secondary N) is 2. The van der Waals surface area contributed by atoms with E-state index in [0.29, 0.717) is 23.5 Å². The highest BCUT2D eigenvalue weighted by Crippen LogP contribution is 2.19. The van der Waals surface area contributed by atoms with E-state index in [2.05, 4.69) is 10.3 Å². The maximum absolute atomic E-state index is 12.5. The van der Waals surface area contributed by atoms with Gasteiger partial charge in [0, 0.05) is 12.7 Å². The molecule has 0 saturated carbocycles. The van der Waals surface area contributed by atoms with Crippen LogP contribution in [0.3, 0.4) is 0 Å². The summed E-state index contributed by atoms with van der Waals surface area (Å²) in [5.41, 5.74) is 1.76. The molecule has 120 valence electrons. The number of rotatable bonds is 5. The molecule has 7 heteroatoms. The number of carbonyl (C=O) groups excluding carboxylic acids is 1. The highest BCUT2D eigenvalue weighted by Gasteiger charge is 2.19. The van der Waals surface area contributed by atoms with Crippen molar-refractivity contribution in [1.82, 2.24) is 10.3 Å². The van der Waals surface area contributed by atoms with Crippen LogP contribution in [0.2, 0.25) is 0 Å². The molecule has 2 aromatic heterocycles. The summed E-state index contributed by atoms with van der Waals surface area (Å²) in [4.78, 5) is 15.6. The fourth-order valence-corrected chi connectivity index (χ4v) is 2.53. The number of hydrogen-bond donors (Lipinski definition) is 2. The minimum atomic E-state index is -0.366. The number of hydrogen-bond acceptors (Lipinski definition) is 5. The standard InChI is InChI=1S/C16H16N2O4S/c1-9-3-6-13(21-9)12(8-20-2)17-15(19)10-4-5-11-14(7-10)22-16(23)18-11/h3-7,12H,8H2,1-2H3,(H,17,19)(H,18,23)/t12-/m1/s1. The second kappa shape index (κ2) is 6.39. The van der Waals surface area contributed by atoms with Gasteiger partial charge in [-0.2, -0.15) is 0 Å². The molecule has 0 bridgehead atoms. The van der Waals surface area contributed by atoms with Gasteiger partial charge >= 0.3 is 0 Å². The Hall–Kier alpha value is -2.38. The molecular formula is C16H16N2O4S. The van der Waals surface area contributed by atoms with Crippen molar-refractivity contribution in [2.24, 2.45) is 0 Å². The maximum atomic E-state index is 12.5.